The molecule has 0 bridgehead atoms. The maximum absolute atomic E-state index is 12.0. The van der Waals surface area contributed by atoms with Gasteiger partial charge in [0.15, 0.2) is 0 Å². The minimum atomic E-state index is -4.25. The van der Waals surface area contributed by atoms with E-state index >= 15 is 0 Å². The zero-order chi connectivity index (χ0) is 14.5. The van der Waals surface area contributed by atoms with Crippen LogP contribution in [0.2, 0.25) is 0 Å². The number of benzene rings is 1. The summed E-state index contributed by atoms with van der Waals surface area (Å²) in [5, 5.41) is 0. The molecule has 1 aromatic carbocycles. The van der Waals surface area contributed by atoms with E-state index in [0.717, 1.165) is 10.5 Å². The van der Waals surface area contributed by atoms with Crippen LogP contribution < -0.4 is 5.73 Å². The van der Waals surface area contributed by atoms with E-state index in [1.54, 1.807) is 24.3 Å². The number of carbonyl (C=O) groups is 1. The second-order valence-electron chi connectivity index (χ2n) is 4.12. The lowest BCUT2D eigenvalue weighted by Crippen LogP contribution is -2.29. The van der Waals surface area contributed by atoms with Gasteiger partial charge in [0, 0.05) is 25.4 Å². The summed E-state index contributed by atoms with van der Waals surface area (Å²) < 4.78 is 36.0. The normalized spacial score (nSPS) is 11.8. The zero-order valence-corrected chi connectivity index (χ0v) is 10.4. The van der Waals surface area contributed by atoms with Crippen LogP contribution in [0.3, 0.4) is 0 Å². The van der Waals surface area contributed by atoms with Crippen molar-refractivity contribution < 1.29 is 18.0 Å². The van der Waals surface area contributed by atoms with E-state index in [2.05, 4.69) is 0 Å². The fraction of sp³-hybridized carbons (Fsp3) is 0.308. The topological polar surface area (TPSA) is 46.3 Å². The molecule has 0 aromatic heterocycles. The Morgan fingerprint density at radius 3 is 2.42 bits per heavy atom. The van der Waals surface area contributed by atoms with Crippen LogP contribution in [0.4, 0.5) is 18.9 Å². The number of nitrogens with two attached hydrogens (primary N) is 1. The fourth-order valence-electron chi connectivity index (χ4n) is 1.31. The first-order chi connectivity index (χ1) is 8.78. The molecule has 1 amide bonds. The summed E-state index contributed by atoms with van der Waals surface area (Å²) in [5.41, 5.74) is 6.86. The standard InChI is InChI=1S/C13H15F3N2O/c1-18(9-8-13(14,15)16)12(19)7-4-10-2-5-11(17)6-3-10/h2-7H,8-9,17H2,1H3/b7-4+. The van der Waals surface area contributed by atoms with Crippen molar-refractivity contribution in [3.8, 4) is 0 Å². The van der Waals surface area contributed by atoms with E-state index in [9.17, 15) is 18.0 Å². The van der Waals surface area contributed by atoms with Crippen LogP contribution in [0.15, 0.2) is 30.3 Å². The summed E-state index contributed by atoms with van der Waals surface area (Å²) in [6.45, 7) is -0.353. The lowest BCUT2D eigenvalue weighted by molar-refractivity contribution is -0.142. The van der Waals surface area contributed by atoms with Crippen molar-refractivity contribution in [3.05, 3.63) is 35.9 Å². The first-order valence-electron chi connectivity index (χ1n) is 5.63. The molecule has 0 saturated heterocycles. The van der Waals surface area contributed by atoms with E-state index < -0.39 is 18.5 Å². The third kappa shape index (κ3) is 5.94. The van der Waals surface area contributed by atoms with Crippen molar-refractivity contribution in [1.29, 1.82) is 0 Å². The van der Waals surface area contributed by atoms with Crippen LogP contribution in [0.25, 0.3) is 6.08 Å². The lowest BCUT2D eigenvalue weighted by Gasteiger charge is -2.16. The van der Waals surface area contributed by atoms with Crippen molar-refractivity contribution in [2.45, 2.75) is 12.6 Å². The third-order valence-electron chi connectivity index (χ3n) is 2.46. The van der Waals surface area contributed by atoms with Gasteiger partial charge in [-0.15, -0.1) is 0 Å². The average Bonchev–Trinajstić information content (AvgIpc) is 2.34. The molecule has 0 aliphatic heterocycles. The molecule has 1 aromatic rings. The highest BCUT2D eigenvalue weighted by atomic mass is 19.4. The number of likely N-dealkylation sites (N-methyl/N-ethyl adjacent to an activating group) is 1. The highest BCUT2D eigenvalue weighted by Gasteiger charge is 2.27. The first kappa shape index (κ1) is 15.1. The van der Waals surface area contributed by atoms with Gasteiger partial charge in [0.1, 0.15) is 0 Å². The van der Waals surface area contributed by atoms with Gasteiger partial charge in [-0.1, -0.05) is 12.1 Å². The van der Waals surface area contributed by atoms with Crippen molar-refractivity contribution >= 4 is 17.7 Å². The summed E-state index contributed by atoms with van der Waals surface area (Å²) in [7, 11) is 1.33. The third-order valence-corrected chi connectivity index (χ3v) is 2.46. The van der Waals surface area contributed by atoms with Crippen LogP contribution >= 0.6 is 0 Å². The molecule has 0 radical (unpaired) electrons. The Hall–Kier alpha value is -1.98. The molecule has 0 unspecified atom stereocenters. The second kappa shape index (κ2) is 6.26. The molecule has 0 spiro atoms. The lowest BCUT2D eigenvalue weighted by atomic mass is 10.2. The van der Waals surface area contributed by atoms with Crippen LogP contribution in [-0.4, -0.2) is 30.6 Å². The van der Waals surface area contributed by atoms with Crippen LogP contribution in [0.1, 0.15) is 12.0 Å². The van der Waals surface area contributed by atoms with Crippen molar-refractivity contribution in [2.24, 2.45) is 0 Å². The number of hydrogen-bond acceptors (Lipinski definition) is 2. The molecule has 0 heterocycles. The van der Waals surface area contributed by atoms with E-state index in [1.165, 1.54) is 19.2 Å². The van der Waals surface area contributed by atoms with E-state index in [4.69, 9.17) is 5.73 Å². The Bertz CT molecular complexity index is 452. The van der Waals surface area contributed by atoms with E-state index in [0.29, 0.717) is 5.69 Å². The number of alkyl halides is 3. The summed E-state index contributed by atoms with van der Waals surface area (Å²) in [5.74, 6) is -0.471. The van der Waals surface area contributed by atoms with Gasteiger partial charge < -0.3 is 10.6 Å². The van der Waals surface area contributed by atoms with Gasteiger partial charge in [-0.3, -0.25) is 4.79 Å². The van der Waals surface area contributed by atoms with Gasteiger partial charge in [-0.2, -0.15) is 13.2 Å². The quantitative estimate of drug-likeness (QED) is 0.676. The largest absolute Gasteiger partial charge is 0.399 e. The minimum absolute atomic E-state index is 0.353. The second-order valence-corrected chi connectivity index (χ2v) is 4.12. The summed E-state index contributed by atoms with van der Waals surface area (Å²) in [6.07, 6.45) is -2.49. The molecular weight excluding hydrogens is 257 g/mol. The van der Waals surface area contributed by atoms with Crippen LogP contribution in [0.5, 0.6) is 0 Å². The van der Waals surface area contributed by atoms with Crippen molar-refractivity contribution in [3.63, 3.8) is 0 Å². The molecule has 0 aliphatic carbocycles. The predicted octanol–water partition coefficient (Wildman–Crippen LogP) is 2.69. The molecular formula is C13H15F3N2O. The number of nitrogens with zero attached hydrogens (tertiary/aromatic N) is 1. The average molecular weight is 272 g/mol. The number of nitrogen functional groups attached to an aromatic ring is 1. The maximum Gasteiger partial charge on any atom is 0.390 e. The molecule has 6 heteroatoms. The summed E-state index contributed by atoms with van der Waals surface area (Å²) in [4.78, 5) is 12.6. The Balaban J connectivity index is 2.52. The van der Waals surface area contributed by atoms with Gasteiger partial charge in [0.25, 0.3) is 0 Å². The number of amides is 1. The van der Waals surface area contributed by atoms with Gasteiger partial charge >= 0.3 is 6.18 Å². The number of carbonyl (C=O) groups excluding carboxylic acids is 1. The molecule has 1 rings (SSSR count). The molecule has 0 fully saturated rings. The highest BCUT2D eigenvalue weighted by molar-refractivity contribution is 5.91. The predicted molar refractivity (Wildman–Crippen MR) is 68.2 cm³/mol. The van der Waals surface area contributed by atoms with Crippen molar-refractivity contribution in [1.82, 2.24) is 4.90 Å². The Labute approximate surface area is 109 Å². The van der Waals surface area contributed by atoms with E-state index in [1.807, 2.05) is 0 Å². The Morgan fingerprint density at radius 2 is 1.89 bits per heavy atom. The van der Waals surface area contributed by atoms with Gasteiger partial charge in [-0.05, 0) is 23.8 Å². The van der Waals surface area contributed by atoms with Gasteiger partial charge in [0.2, 0.25) is 5.91 Å². The smallest absolute Gasteiger partial charge is 0.390 e. The number of halogens is 3. The summed E-state index contributed by atoms with van der Waals surface area (Å²) >= 11 is 0. The number of rotatable bonds is 4. The van der Waals surface area contributed by atoms with Crippen LogP contribution in [-0.2, 0) is 4.79 Å². The first-order valence-corrected chi connectivity index (χ1v) is 5.63. The number of hydrogen-bond donors (Lipinski definition) is 1. The van der Waals surface area contributed by atoms with Gasteiger partial charge in [-0.25, -0.2) is 0 Å². The molecule has 19 heavy (non-hydrogen) atoms. The molecule has 3 nitrogen and oxygen atoms in total. The van der Waals surface area contributed by atoms with Gasteiger partial charge in [0.05, 0.1) is 6.42 Å². The van der Waals surface area contributed by atoms with E-state index in [-0.39, 0.29) is 6.54 Å². The Kier molecular flexibility index (Phi) is 4.97. The molecule has 0 atom stereocenters. The zero-order valence-electron chi connectivity index (χ0n) is 10.4. The molecule has 104 valence electrons. The van der Waals surface area contributed by atoms with Crippen molar-refractivity contribution in [2.75, 3.05) is 19.3 Å². The fourth-order valence-corrected chi connectivity index (χ4v) is 1.31. The molecule has 2 N–H and O–H groups in total. The molecule has 0 aliphatic rings. The highest BCUT2D eigenvalue weighted by Crippen LogP contribution is 2.19. The number of anilines is 1. The monoisotopic (exact) mass is 272 g/mol. The minimum Gasteiger partial charge on any atom is -0.399 e. The van der Waals surface area contributed by atoms with Crippen LogP contribution in [0, 0.1) is 0 Å². The Morgan fingerprint density at radius 1 is 1.32 bits per heavy atom. The summed E-state index contributed by atoms with van der Waals surface area (Å²) in [6, 6.07) is 6.79. The maximum atomic E-state index is 12.0. The SMILES string of the molecule is CN(CCC(F)(F)F)C(=O)/C=C/c1ccc(N)cc1. The molecule has 0 saturated carbocycles.